The second kappa shape index (κ2) is 6.13. The van der Waals surface area contributed by atoms with Crippen LogP contribution in [0.2, 0.25) is 0 Å². The second-order valence-corrected chi connectivity index (χ2v) is 3.54. The summed E-state index contributed by atoms with van der Waals surface area (Å²) in [6.07, 6.45) is 2.55. The van der Waals surface area contributed by atoms with Crippen LogP contribution in [0.15, 0.2) is 23.1 Å². The summed E-state index contributed by atoms with van der Waals surface area (Å²) in [5.41, 5.74) is 0.313. The van der Waals surface area contributed by atoms with Gasteiger partial charge in [0.25, 0.3) is 0 Å². The molecule has 0 saturated carbocycles. The van der Waals surface area contributed by atoms with Gasteiger partial charge in [-0.2, -0.15) is 0 Å². The molecule has 0 spiro atoms. The standard InChI is InChI=1S/C7H6FNO.C4H10/c1-5-4-9-10-7(5)3-6(2)8;1-4(2)3/h3-4H,1-2H2;4H,1-3H3/b7-3+;. The predicted octanol–water partition coefficient (Wildman–Crippen LogP) is 2.01. The van der Waals surface area contributed by atoms with Crippen molar-refractivity contribution in [2.45, 2.75) is 20.8 Å². The summed E-state index contributed by atoms with van der Waals surface area (Å²) in [7, 11) is 0. The van der Waals surface area contributed by atoms with Crippen LogP contribution in [-0.2, 0) is 0 Å². The van der Waals surface area contributed by atoms with E-state index >= 15 is 0 Å². The van der Waals surface area contributed by atoms with Crippen LogP contribution in [0.25, 0.3) is 12.7 Å². The van der Waals surface area contributed by atoms with Crippen LogP contribution in [0.5, 0.6) is 0 Å². The van der Waals surface area contributed by atoms with Crippen molar-refractivity contribution >= 4 is 12.7 Å². The van der Waals surface area contributed by atoms with Crippen molar-refractivity contribution in [2.75, 3.05) is 0 Å². The third kappa shape index (κ3) is 6.17. The van der Waals surface area contributed by atoms with Crippen molar-refractivity contribution < 1.29 is 8.91 Å². The highest BCUT2D eigenvalue weighted by Crippen LogP contribution is 1.88. The summed E-state index contributed by atoms with van der Waals surface area (Å²) in [6.45, 7) is 13.1. The van der Waals surface area contributed by atoms with E-state index in [4.69, 9.17) is 0 Å². The minimum Gasteiger partial charge on any atom is -0.356 e. The van der Waals surface area contributed by atoms with Crippen LogP contribution < -0.4 is 10.6 Å². The van der Waals surface area contributed by atoms with Crippen LogP contribution >= 0.6 is 0 Å². The van der Waals surface area contributed by atoms with Gasteiger partial charge in [-0.1, -0.05) is 39.1 Å². The molecule has 0 aliphatic carbocycles. The molecule has 0 fully saturated rings. The summed E-state index contributed by atoms with van der Waals surface area (Å²) in [5.74, 6) is 0.265. The van der Waals surface area contributed by atoms with Gasteiger partial charge in [-0.3, -0.25) is 0 Å². The van der Waals surface area contributed by atoms with Gasteiger partial charge in [-0.15, -0.1) is 0 Å². The molecule has 0 aliphatic heterocycles. The van der Waals surface area contributed by atoms with Gasteiger partial charge in [0.1, 0.15) is 5.83 Å². The lowest BCUT2D eigenvalue weighted by Gasteiger charge is -1.79. The van der Waals surface area contributed by atoms with Crippen molar-refractivity contribution in [1.82, 2.24) is 5.16 Å². The van der Waals surface area contributed by atoms with Crippen molar-refractivity contribution in [2.24, 2.45) is 5.92 Å². The average Bonchev–Trinajstić information content (AvgIpc) is 2.34. The third-order valence-electron chi connectivity index (χ3n) is 0.964. The summed E-state index contributed by atoms with van der Waals surface area (Å²) in [4.78, 5) is 0. The van der Waals surface area contributed by atoms with Gasteiger partial charge in [0, 0.05) is 11.3 Å². The van der Waals surface area contributed by atoms with E-state index in [9.17, 15) is 4.39 Å². The first-order valence-corrected chi connectivity index (χ1v) is 4.39. The Balaban J connectivity index is 0.000000364. The molecule has 3 heteroatoms. The zero-order valence-corrected chi connectivity index (χ0v) is 8.88. The van der Waals surface area contributed by atoms with E-state index in [0.717, 1.165) is 12.0 Å². The molecule has 0 atom stereocenters. The van der Waals surface area contributed by atoms with E-state index < -0.39 is 5.83 Å². The molecular formula is C11H16FNO. The molecule has 78 valence electrons. The molecule has 0 amide bonds. The third-order valence-corrected chi connectivity index (χ3v) is 0.964. The Labute approximate surface area is 83.4 Å². The van der Waals surface area contributed by atoms with Gasteiger partial charge in [0.05, 0.1) is 6.20 Å². The van der Waals surface area contributed by atoms with Crippen molar-refractivity contribution in [3.8, 4) is 0 Å². The molecule has 0 aromatic carbocycles. The summed E-state index contributed by atoms with van der Waals surface area (Å²) in [6, 6.07) is 0. The van der Waals surface area contributed by atoms with Crippen LogP contribution in [0.1, 0.15) is 20.8 Å². The summed E-state index contributed by atoms with van der Waals surface area (Å²) in [5, 5.41) is 3.95. The smallest absolute Gasteiger partial charge is 0.169 e. The molecule has 0 aliphatic rings. The fourth-order valence-electron chi connectivity index (χ4n) is 0.530. The first kappa shape index (κ1) is 12.6. The van der Waals surface area contributed by atoms with Gasteiger partial charge in [-0.25, -0.2) is 4.39 Å². The fourth-order valence-corrected chi connectivity index (χ4v) is 0.530. The van der Waals surface area contributed by atoms with Gasteiger partial charge in [0.2, 0.25) is 0 Å². The van der Waals surface area contributed by atoms with Crippen molar-refractivity contribution in [1.29, 1.82) is 0 Å². The molecule has 14 heavy (non-hydrogen) atoms. The molecule has 0 saturated heterocycles. The van der Waals surface area contributed by atoms with Crippen LogP contribution in [0.3, 0.4) is 0 Å². The highest BCUT2D eigenvalue weighted by Gasteiger charge is 1.87. The molecule has 0 radical (unpaired) electrons. The molecule has 2 nitrogen and oxygen atoms in total. The van der Waals surface area contributed by atoms with E-state index in [0.29, 0.717) is 10.6 Å². The van der Waals surface area contributed by atoms with E-state index in [1.54, 1.807) is 0 Å². The molecule has 1 aromatic rings. The van der Waals surface area contributed by atoms with Crippen LogP contribution in [-0.4, -0.2) is 5.16 Å². The van der Waals surface area contributed by atoms with Crippen molar-refractivity contribution in [3.63, 3.8) is 0 Å². The number of rotatable bonds is 1. The topological polar surface area (TPSA) is 26.0 Å². The van der Waals surface area contributed by atoms with Crippen molar-refractivity contribution in [3.05, 3.63) is 29.2 Å². The van der Waals surface area contributed by atoms with E-state index in [2.05, 4.69) is 43.6 Å². The zero-order chi connectivity index (χ0) is 11.1. The lowest BCUT2D eigenvalue weighted by Crippen LogP contribution is -2.16. The number of halogens is 1. The lowest BCUT2D eigenvalue weighted by atomic mass is 10.3. The summed E-state index contributed by atoms with van der Waals surface area (Å²) >= 11 is 0. The molecule has 0 N–H and O–H groups in total. The maximum atomic E-state index is 12.1. The normalized spacial score (nSPS) is 11.1. The average molecular weight is 197 g/mol. The molecule has 0 bridgehead atoms. The van der Waals surface area contributed by atoms with Gasteiger partial charge < -0.3 is 4.52 Å². The molecule has 0 unspecified atom stereocenters. The largest absolute Gasteiger partial charge is 0.356 e. The highest BCUT2D eigenvalue weighted by atomic mass is 19.1. The maximum Gasteiger partial charge on any atom is 0.169 e. The SMILES string of the molecule is C=C(F)/C=c1/oncc1=C.CC(C)C. The van der Waals surface area contributed by atoms with Crippen LogP contribution in [0, 0.1) is 5.92 Å². The zero-order valence-electron chi connectivity index (χ0n) is 8.88. The van der Waals surface area contributed by atoms with E-state index in [-0.39, 0.29) is 0 Å². The summed E-state index contributed by atoms with van der Waals surface area (Å²) < 4.78 is 16.7. The maximum absolute atomic E-state index is 12.1. The minimum absolute atomic E-state index is 0.313. The number of hydrogen-bond acceptors (Lipinski definition) is 2. The Morgan fingerprint density at radius 2 is 2.07 bits per heavy atom. The fraction of sp³-hybridized carbons (Fsp3) is 0.364. The Kier molecular flexibility index (Phi) is 5.53. The first-order valence-electron chi connectivity index (χ1n) is 4.39. The number of nitrogens with zero attached hydrogens (tertiary/aromatic N) is 1. The number of allylic oxidation sites excluding steroid dienone is 1. The Hall–Kier alpha value is -1.38. The quantitative estimate of drug-likeness (QED) is 0.688. The Morgan fingerprint density at radius 3 is 2.36 bits per heavy atom. The van der Waals surface area contributed by atoms with Crippen LogP contribution in [0.4, 0.5) is 4.39 Å². The molecule has 1 aromatic heterocycles. The lowest BCUT2D eigenvalue weighted by molar-refractivity contribution is 0.393. The van der Waals surface area contributed by atoms with Gasteiger partial charge >= 0.3 is 0 Å². The minimum atomic E-state index is -0.568. The number of aromatic nitrogens is 1. The number of hydrogen-bond donors (Lipinski definition) is 0. The van der Waals surface area contributed by atoms with E-state index in [1.165, 1.54) is 6.20 Å². The second-order valence-electron chi connectivity index (χ2n) is 3.54. The van der Waals surface area contributed by atoms with Gasteiger partial charge in [-0.05, 0) is 5.92 Å². The molecule has 1 heterocycles. The molecule has 1 rings (SSSR count). The predicted molar refractivity (Wildman–Crippen MR) is 56.5 cm³/mol. The Morgan fingerprint density at radius 1 is 1.57 bits per heavy atom. The first-order chi connectivity index (χ1) is 6.43. The molecular weight excluding hydrogens is 181 g/mol. The monoisotopic (exact) mass is 197 g/mol. The highest BCUT2D eigenvalue weighted by molar-refractivity contribution is 5.37. The van der Waals surface area contributed by atoms with Gasteiger partial charge in [0.15, 0.2) is 5.42 Å². The Bertz CT molecular complexity index is 375. The van der Waals surface area contributed by atoms with E-state index in [1.807, 2.05) is 0 Å².